The van der Waals surface area contributed by atoms with E-state index in [1.807, 2.05) is 49.4 Å². The van der Waals surface area contributed by atoms with Crippen LogP contribution in [-0.4, -0.2) is 16.7 Å². The molecule has 152 valence electrons. The minimum atomic E-state index is -0.161. The first-order chi connectivity index (χ1) is 14.6. The van der Waals surface area contributed by atoms with Gasteiger partial charge in [-0.25, -0.2) is 0 Å². The Morgan fingerprint density at radius 3 is 2.43 bits per heavy atom. The van der Waals surface area contributed by atoms with Gasteiger partial charge in [-0.15, -0.1) is 4.91 Å². The van der Waals surface area contributed by atoms with E-state index in [4.69, 9.17) is 0 Å². The summed E-state index contributed by atoms with van der Waals surface area (Å²) in [5.74, 6) is -0.207. The Hall–Kier alpha value is -3.67. The lowest BCUT2D eigenvalue weighted by atomic mass is 9.94. The molecule has 0 atom stereocenters. The van der Waals surface area contributed by atoms with Crippen molar-refractivity contribution in [1.29, 1.82) is 0 Å². The summed E-state index contributed by atoms with van der Waals surface area (Å²) in [6.07, 6.45) is 4.38. The minimum absolute atomic E-state index is 0.0459. The van der Waals surface area contributed by atoms with Crippen molar-refractivity contribution in [2.75, 3.05) is 0 Å². The number of Topliss-reactive ketones (excluding diaryl/α,β-unsaturated/α-hetero) is 1. The van der Waals surface area contributed by atoms with Gasteiger partial charge in [0.25, 0.3) is 0 Å². The van der Waals surface area contributed by atoms with Gasteiger partial charge in [-0.2, -0.15) is 0 Å². The highest BCUT2D eigenvalue weighted by molar-refractivity contribution is 5.99. The van der Waals surface area contributed by atoms with Crippen LogP contribution in [0.4, 0.5) is 5.69 Å². The monoisotopic (exact) mass is 401 g/mol. The van der Waals surface area contributed by atoms with Gasteiger partial charge in [0.05, 0.1) is 0 Å². The SMILES string of the molecule is CCc1cc(-c2ccc(N=O)cc2)ccc1C(=O)CCC(=O)NCc1cccnc1. The number of hydrogen-bond donors (Lipinski definition) is 1. The van der Waals surface area contributed by atoms with Crippen molar-refractivity contribution in [1.82, 2.24) is 10.3 Å². The highest BCUT2D eigenvalue weighted by Gasteiger charge is 2.14. The van der Waals surface area contributed by atoms with E-state index in [0.717, 1.165) is 22.3 Å². The zero-order valence-electron chi connectivity index (χ0n) is 16.8. The lowest BCUT2D eigenvalue weighted by Gasteiger charge is -2.11. The lowest BCUT2D eigenvalue weighted by molar-refractivity contribution is -0.121. The Balaban J connectivity index is 1.62. The number of ketones is 1. The molecule has 1 aromatic heterocycles. The Labute approximate surface area is 175 Å². The standard InChI is InChI=1S/C24H23N3O3/c1-2-18-14-20(19-5-8-21(27-30)9-6-19)7-10-22(18)23(28)11-12-24(29)26-16-17-4-3-13-25-15-17/h3-10,13-15H,2,11-12,16H2,1H3,(H,26,29). The molecule has 1 amide bonds. The number of pyridine rings is 1. The average Bonchev–Trinajstić information content (AvgIpc) is 2.81. The van der Waals surface area contributed by atoms with Gasteiger partial charge in [0, 0.05) is 37.3 Å². The molecular weight excluding hydrogens is 378 g/mol. The number of benzene rings is 2. The molecule has 0 aliphatic heterocycles. The number of rotatable bonds is 9. The quantitative estimate of drug-likeness (QED) is 0.404. The predicted molar refractivity (Wildman–Crippen MR) is 116 cm³/mol. The number of amides is 1. The summed E-state index contributed by atoms with van der Waals surface area (Å²) in [4.78, 5) is 39.4. The molecule has 0 aliphatic carbocycles. The van der Waals surface area contributed by atoms with E-state index in [9.17, 15) is 14.5 Å². The smallest absolute Gasteiger partial charge is 0.220 e. The maximum Gasteiger partial charge on any atom is 0.220 e. The number of nitrogens with zero attached hydrogens (tertiary/aromatic N) is 2. The van der Waals surface area contributed by atoms with Gasteiger partial charge in [-0.1, -0.05) is 43.3 Å². The summed E-state index contributed by atoms with van der Waals surface area (Å²) in [5.41, 5.74) is 4.79. The van der Waals surface area contributed by atoms with Crippen molar-refractivity contribution >= 4 is 17.4 Å². The van der Waals surface area contributed by atoms with Crippen LogP contribution in [-0.2, 0) is 17.8 Å². The summed E-state index contributed by atoms with van der Waals surface area (Å²) in [7, 11) is 0. The van der Waals surface area contributed by atoms with Crippen molar-refractivity contribution in [3.8, 4) is 11.1 Å². The van der Waals surface area contributed by atoms with Crippen LogP contribution in [0.25, 0.3) is 11.1 Å². The van der Waals surface area contributed by atoms with Gasteiger partial charge >= 0.3 is 0 Å². The van der Waals surface area contributed by atoms with Crippen LogP contribution in [0.15, 0.2) is 72.2 Å². The number of hydrogen-bond acceptors (Lipinski definition) is 5. The Kier molecular flexibility index (Phi) is 7.16. The maximum atomic E-state index is 12.7. The van der Waals surface area contributed by atoms with Gasteiger partial charge in [0.1, 0.15) is 5.69 Å². The van der Waals surface area contributed by atoms with E-state index in [0.29, 0.717) is 24.2 Å². The third kappa shape index (κ3) is 5.44. The number of nitrogens with one attached hydrogen (secondary N) is 1. The van der Waals surface area contributed by atoms with Gasteiger partial charge in [-0.05, 0) is 52.1 Å². The molecule has 0 radical (unpaired) electrons. The van der Waals surface area contributed by atoms with Crippen LogP contribution in [0.3, 0.4) is 0 Å². The second-order valence-corrected chi connectivity index (χ2v) is 6.92. The van der Waals surface area contributed by atoms with Gasteiger partial charge in [-0.3, -0.25) is 14.6 Å². The number of nitroso groups, excluding NO2 is 1. The van der Waals surface area contributed by atoms with Crippen molar-refractivity contribution in [2.45, 2.75) is 32.7 Å². The van der Waals surface area contributed by atoms with Crippen LogP contribution in [0.5, 0.6) is 0 Å². The molecule has 0 unspecified atom stereocenters. The highest BCUT2D eigenvalue weighted by Crippen LogP contribution is 2.26. The van der Waals surface area contributed by atoms with E-state index < -0.39 is 0 Å². The second kappa shape index (κ2) is 10.2. The van der Waals surface area contributed by atoms with Crippen LogP contribution in [0.2, 0.25) is 0 Å². The normalized spacial score (nSPS) is 10.4. The molecule has 6 heteroatoms. The molecule has 0 bridgehead atoms. The number of aryl methyl sites for hydroxylation is 1. The third-order valence-corrected chi connectivity index (χ3v) is 4.88. The molecule has 0 saturated carbocycles. The molecule has 3 rings (SSSR count). The zero-order chi connectivity index (χ0) is 21.3. The largest absolute Gasteiger partial charge is 0.352 e. The maximum absolute atomic E-state index is 12.7. The minimum Gasteiger partial charge on any atom is -0.352 e. The van der Waals surface area contributed by atoms with E-state index in [-0.39, 0.29) is 24.5 Å². The summed E-state index contributed by atoms with van der Waals surface area (Å²) < 4.78 is 0. The molecule has 6 nitrogen and oxygen atoms in total. The first kappa shape index (κ1) is 21.0. The van der Waals surface area contributed by atoms with E-state index >= 15 is 0 Å². The predicted octanol–water partition coefficient (Wildman–Crippen LogP) is 4.99. The summed E-state index contributed by atoms with van der Waals surface area (Å²) in [6, 6.07) is 16.4. The molecule has 1 N–H and O–H groups in total. The fourth-order valence-corrected chi connectivity index (χ4v) is 3.21. The van der Waals surface area contributed by atoms with Crippen molar-refractivity contribution in [3.05, 3.63) is 88.6 Å². The first-order valence-corrected chi connectivity index (χ1v) is 9.86. The third-order valence-electron chi connectivity index (χ3n) is 4.88. The first-order valence-electron chi connectivity index (χ1n) is 9.86. The van der Waals surface area contributed by atoms with E-state index in [2.05, 4.69) is 15.5 Å². The van der Waals surface area contributed by atoms with Gasteiger partial charge in [0.2, 0.25) is 5.91 Å². The summed E-state index contributed by atoms with van der Waals surface area (Å²) in [6.45, 7) is 2.39. The van der Waals surface area contributed by atoms with E-state index in [1.165, 1.54) is 0 Å². The fourth-order valence-electron chi connectivity index (χ4n) is 3.21. The molecular formula is C24H23N3O3. The molecule has 0 spiro atoms. The summed E-state index contributed by atoms with van der Waals surface area (Å²) >= 11 is 0. The molecule has 0 aliphatic rings. The van der Waals surface area contributed by atoms with Gasteiger partial charge in [0.15, 0.2) is 5.78 Å². The van der Waals surface area contributed by atoms with E-state index in [1.54, 1.807) is 24.5 Å². The molecule has 1 heterocycles. The Morgan fingerprint density at radius 2 is 1.77 bits per heavy atom. The number of aromatic nitrogens is 1. The Bertz CT molecular complexity index is 1030. The van der Waals surface area contributed by atoms with Crippen molar-refractivity contribution in [2.24, 2.45) is 5.18 Å². The molecule has 2 aromatic carbocycles. The second-order valence-electron chi connectivity index (χ2n) is 6.92. The topological polar surface area (TPSA) is 88.5 Å². The molecule has 0 saturated heterocycles. The van der Waals surface area contributed by atoms with Gasteiger partial charge < -0.3 is 5.32 Å². The summed E-state index contributed by atoms with van der Waals surface area (Å²) in [5, 5.41) is 5.72. The number of carbonyl (C=O) groups is 2. The van der Waals surface area contributed by atoms with Crippen LogP contribution < -0.4 is 5.32 Å². The molecule has 3 aromatic rings. The fraction of sp³-hybridized carbons (Fsp3) is 0.208. The lowest BCUT2D eigenvalue weighted by Crippen LogP contribution is -2.23. The average molecular weight is 401 g/mol. The van der Waals surface area contributed by atoms with Crippen LogP contribution >= 0.6 is 0 Å². The zero-order valence-corrected chi connectivity index (χ0v) is 16.8. The van der Waals surface area contributed by atoms with Crippen molar-refractivity contribution < 1.29 is 9.59 Å². The Morgan fingerprint density at radius 1 is 1.00 bits per heavy atom. The van der Waals surface area contributed by atoms with Crippen LogP contribution in [0, 0.1) is 4.91 Å². The number of carbonyl (C=O) groups excluding carboxylic acids is 2. The molecule has 0 fully saturated rings. The highest BCUT2D eigenvalue weighted by atomic mass is 16.3. The molecule has 30 heavy (non-hydrogen) atoms. The van der Waals surface area contributed by atoms with Crippen molar-refractivity contribution in [3.63, 3.8) is 0 Å². The van der Waals surface area contributed by atoms with Crippen LogP contribution in [0.1, 0.15) is 41.3 Å².